The van der Waals surface area contributed by atoms with Crippen LogP contribution in [0.15, 0.2) is 84.9 Å². The van der Waals surface area contributed by atoms with Gasteiger partial charge in [-0.05, 0) is 35.2 Å². The number of hydrogen-bond acceptors (Lipinski definition) is 2. The summed E-state index contributed by atoms with van der Waals surface area (Å²) in [6.45, 7) is 0.583. The van der Waals surface area contributed by atoms with Crippen LogP contribution in [0, 0.1) is 0 Å². The van der Waals surface area contributed by atoms with Gasteiger partial charge >= 0.3 is 0 Å². The van der Waals surface area contributed by atoms with E-state index in [1.807, 2.05) is 48.5 Å². The Hall–Kier alpha value is -3.07. The number of phenolic OH excluding ortho intramolecular Hbond substituents is 1. The van der Waals surface area contributed by atoms with E-state index in [4.69, 9.17) is 0 Å². The molecule has 2 N–H and O–H groups in total. The number of phenols is 1. The van der Waals surface area contributed by atoms with Crippen LogP contribution < -0.4 is 5.32 Å². The zero-order chi connectivity index (χ0) is 18.2. The van der Waals surface area contributed by atoms with Crippen LogP contribution in [0.4, 0.5) is 0 Å². The van der Waals surface area contributed by atoms with Crippen LogP contribution in [0.25, 0.3) is 0 Å². The summed E-state index contributed by atoms with van der Waals surface area (Å²) < 4.78 is 0. The molecule has 0 spiro atoms. The molecule has 3 heteroatoms. The van der Waals surface area contributed by atoms with Gasteiger partial charge in [0, 0.05) is 18.9 Å². The number of carbonyl (C=O) groups is 1. The van der Waals surface area contributed by atoms with Gasteiger partial charge in [-0.15, -0.1) is 0 Å². The fourth-order valence-electron chi connectivity index (χ4n) is 3.07. The maximum atomic E-state index is 12.5. The molecule has 132 valence electrons. The number of aromatic hydroxyl groups is 1. The van der Waals surface area contributed by atoms with Gasteiger partial charge in [-0.3, -0.25) is 4.79 Å². The molecule has 26 heavy (non-hydrogen) atoms. The predicted octanol–water partition coefficient (Wildman–Crippen LogP) is 4.27. The van der Waals surface area contributed by atoms with E-state index in [0.29, 0.717) is 13.0 Å². The summed E-state index contributed by atoms with van der Waals surface area (Å²) in [6, 6.07) is 27.4. The van der Waals surface area contributed by atoms with Gasteiger partial charge in [0.05, 0.1) is 0 Å². The van der Waals surface area contributed by atoms with Crippen LogP contribution in [-0.4, -0.2) is 17.6 Å². The minimum atomic E-state index is 0.0430. The lowest BCUT2D eigenvalue weighted by atomic mass is 9.88. The first kappa shape index (κ1) is 17.7. The van der Waals surface area contributed by atoms with E-state index in [0.717, 1.165) is 23.1 Å². The Bertz CT molecular complexity index is 774. The Morgan fingerprint density at radius 2 is 1.35 bits per heavy atom. The summed E-state index contributed by atoms with van der Waals surface area (Å²) in [6.07, 6.45) is 1.16. The zero-order valence-corrected chi connectivity index (χ0v) is 14.6. The molecule has 0 unspecified atom stereocenters. The highest BCUT2D eigenvalue weighted by atomic mass is 16.3. The van der Waals surface area contributed by atoms with Crippen molar-refractivity contribution in [2.75, 3.05) is 6.54 Å². The van der Waals surface area contributed by atoms with Crippen LogP contribution in [0.3, 0.4) is 0 Å². The van der Waals surface area contributed by atoms with Crippen LogP contribution in [0.2, 0.25) is 0 Å². The molecule has 3 rings (SSSR count). The molecule has 0 heterocycles. The summed E-state index contributed by atoms with van der Waals surface area (Å²) in [5.41, 5.74) is 3.38. The quantitative estimate of drug-likeness (QED) is 0.672. The number of rotatable bonds is 7. The van der Waals surface area contributed by atoms with Gasteiger partial charge in [-0.25, -0.2) is 0 Å². The Labute approximate surface area is 154 Å². The molecule has 1 amide bonds. The van der Waals surface area contributed by atoms with E-state index in [9.17, 15) is 9.90 Å². The van der Waals surface area contributed by atoms with Gasteiger partial charge in [0.15, 0.2) is 0 Å². The molecule has 0 aliphatic carbocycles. The fourth-order valence-corrected chi connectivity index (χ4v) is 3.07. The van der Waals surface area contributed by atoms with Crippen molar-refractivity contribution in [3.63, 3.8) is 0 Å². The molecule has 3 aromatic carbocycles. The molecule has 0 radical (unpaired) electrons. The average Bonchev–Trinajstić information content (AvgIpc) is 2.69. The second kappa shape index (κ2) is 8.86. The number of hydrogen-bond donors (Lipinski definition) is 2. The minimum absolute atomic E-state index is 0.0430. The number of nitrogens with one attached hydrogen (secondary N) is 1. The number of benzene rings is 3. The van der Waals surface area contributed by atoms with Crippen molar-refractivity contribution < 1.29 is 9.90 Å². The largest absolute Gasteiger partial charge is 0.508 e. The van der Waals surface area contributed by atoms with Crippen LogP contribution in [0.1, 0.15) is 29.0 Å². The SMILES string of the molecule is O=C(CC(c1ccccc1)c1ccccc1)NCCc1ccc(O)cc1. The van der Waals surface area contributed by atoms with E-state index in [1.165, 1.54) is 0 Å². The highest BCUT2D eigenvalue weighted by Crippen LogP contribution is 2.27. The third-order valence-corrected chi connectivity index (χ3v) is 4.47. The molecule has 0 fully saturated rings. The first-order valence-corrected chi connectivity index (χ1v) is 8.87. The van der Waals surface area contributed by atoms with Crippen LogP contribution >= 0.6 is 0 Å². The molecule has 3 aromatic rings. The smallest absolute Gasteiger partial charge is 0.220 e. The van der Waals surface area contributed by atoms with Crippen molar-refractivity contribution in [1.82, 2.24) is 5.32 Å². The third kappa shape index (κ3) is 4.96. The molecule has 0 bridgehead atoms. The van der Waals surface area contributed by atoms with Crippen molar-refractivity contribution in [1.29, 1.82) is 0 Å². The highest BCUT2D eigenvalue weighted by Gasteiger charge is 2.17. The third-order valence-electron chi connectivity index (χ3n) is 4.47. The summed E-state index contributed by atoms with van der Waals surface area (Å²) in [5.74, 6) is 0.346. The standard InChI is InChI=1S/C23H23NO2/c25-21-13-11-18(12-14-21)15-16-24-23(26)17-22(19-7-3-1-4-8-19)20-9-5-2-6-10-20/h1-14,22,25H,15-17H2,(H,24,26). The number of amides is 1. The van der Waals surface area contributed by atoms with Crippen LogP contribution in [0.5, 0.6) is 5.75 Å². The Morgan fingerprint density at radius 1 is 0.808 bits per heavy atom. The lowest BCUT2D eigenvalue weighted by molar-refractivity contribution is -0.121. The molecule has 0 aromatic heterocycles. The normalized spacial score (nSPS) is 10.7. The Kier molecular flexibility index (Phi) is 6.05. The highest BCUT2D eigenvalue weighted by molar-refractivity contribution is 5.77. The van der Waals surface area contributed by atoms with E-state index in [1.54, 1.807) is 12.1 Å². The van der Waals surface area contributed by atoms with Gasteiger partial charge in [0.25, 0.3) is 0 Å². The lowest BCUT2D eigenvalue weighted by Gasteiger charge is -2.18. The molecule has 0 saturated heterocycles. The molecular formula is C23H23NO2. The first-order chi connectivity index (χ1) is 12.7. The Morgan fingerprint density at radius 3 is 1.88 bits per heavy atom. The van der Waals surface area contributed by atoms with Gasteiger partial charge in [0.2, 0.25) is 5.91 Å². The first-order valence-electron chi connectivity index (χ1n) is 8.87. The van der Waals surface area contributed by atoms with Crippen molar-refractivity contribution >= 4 is 5.91 Å². The molecule has 0 aliphatic heterocycles. The summed E-state index contributed by atoms with van der Waals surface area (Å²) in [7, 11) is 0. The zero-order valence-electron chi connectivity index (χ0n) is 14.6. The topological polar surface area (TPSA) is 49.3 Å². The van der Waals surface area contributed by atoms with Gasteiger partial charge in [0.1, 0.15) is 5.75 Å². The summed E-state index contributed by atoms with van der Waals surface area (Å²) >= 11 is 0. The molecule has 0 aliphatic rings. The molecule has 0 saturated carbocycles. The maximum Gasteiger partial charge on any atom is 0.220 e. The second-order valence-electron chi connectivity index (χ2n) is 6.34. The lowest BCUT2D eigenvalue weighted by Crippen LogP contribution is -2.27. The summed E-state index contributed by atoms with van der Waals surface area (Å²) in [5, 5.41) is 12.3. The van der Waals surface area contributed by atoms with Crippen molar-refractivity contribution in [2.45, 2.75) is 18.8 Å². The maximum absolute atomic E-state index is 12.5. The van der Waals surface area contributed by atoms with Crippen molar-refractivity contribution in [2.24, 2.45) is 0 Å². The van der Waals surface area contributed by atoms with Crippen LogP contribution in [-0.2, 0) is 11.2 Å². The van der Waals surface area contributed by atoms with E-state index in [2.05, 4.69) is 29.6 Å². The minimum Gasteiger partial charge on any atom is -0.508 e. The van der Waals surface area contributed by atoms with E-state index in [-0.39, 0.29) is 17.6 Å². The van der Waals surface area contributed by atoms with Crippen molar-refractivity contribution in [3.05, 3.63) is 102 Å². The number of carbonyl (C=O) groups excluding carboxylic acids is 1. The molecule has 0 atom stereocenters. The van der Waals surface area contributed by atoms with E-state index >= 15 is 0 Å². The molecular weight excluding hydrogens is 322 g/mol. The monoisotopic (exact) mass is 345 g/mol. The van der Waals surface area contributed by atoms with E-state index < -0.39 is 0 Å². The van der Waals surface area contributed by atoms with Gasteiger partial charge < -0.3 is 10.4 Å². The van der Waals surface area contributed by atoms with Crippen molar-refractivity contribution in [3.8, 4) is 5.75 Å². The van der Waals surface area contributed by atoms with Gasteiger partial charge in [-0.1, -0.05) is 72.8 Å². The second-order valence-corrected chi connectivity index (χ2v) is 6.34. The van der Waals surface area contributed by atoms with Gasteiger partial charge in [-0.2, -0.15) is 0 Å². The Balaban J connectivity index is 1.61. The predicted molar refractivity (Wildman–Crippen MR) is 104 cm³/mol. The molecule has 3 nitrogen and oxygen atoms in total. The average molecular weight is 345 g/mol. The fraction of sp³-hybridized carbons (Fsp3) is 0.174. The summed E-state index contributed by atoms with van der Waals surface area (Å²) in [4.78, 5) is 12.5.